The molecule has 0 aliphatic heterocycles. The molecule has 1 amide bonds. The summed E-state index contributed by atoms with van der Waals surface area (Å²) >= 11 is 6.40. The van der Waals surface area contributed by atoms with Gasteiger partial charge in [-0.05, 0) is 25.3 Å². The van der Waals surface area contributed by atoms with Crippen LogP contribution in [0.25, 0.3) is 5.69 Å². The van der Waals surface area contributed by atoms with Crippen molar-refractivity contribution in [3.05, 3.63) is 28.4 Å². The summed E-state index contributed by atoms with van der Waals surface area (Å²) in [6, 6.07) is 2.01. The van der Waals surface area contributed by atoms with Gasteiger partial charge in [0.2, 0.25) is 5.82 Å². The maximum absolute atomic E-state index is 11.9. The fourth-order valence-electron chi connectivity index (χ4n) is 2.31. The predicted molar refractivity (Wildman–Crippen MR) is 95.2 cm³/mol. The lowest BCUT2D eigenvalue weighted by Crippen LogP contribution is -2.23. The summed E-state index contributed by atoms with van der Waals surface area (Å²) in [4.78, 5) is 20.4. The molecular formula is C16H23ClN6O. The largest absolute Gasteiger partial charge is 0.368 e. The van der Waals surface area contributed by atoms with Crippen molar-refractivity contribution in [1.29, 1.82) is 0 Å². The van der Waals surface area contributed by atoms with E-state index in [1.54, 1.807) is 4.68 Å². The van der Waals surface area contributed by atoms with Gasteiger partial charge in [0.05, 0.1) is 5.69 Å². The molecule has 2 aromatic heterocycles. The first-order valence-electron chi connectivity index (χ1n) is 7.99. The molecule has 2 N–H and O–H groups in total. The number of carbonyl (C=O) groups excluding carboxylic acids is 1. The summed E-state index contributed by atoms with van der Waals surface area (Å²) in [6.07, 6.45) is 0.908. The van der Waals surface area contributed by atoms with Crippen LogP contribution in [0.1, 0.15) is 55.1 Å². The minimum Gasteiger partial charge on any atom is -0.368 e. The van der Waals surface area contributed by atoms with E-state index in [4.69, 9.17) is 11.6 Å². The van der Waals surface area contributed by atoms with Crippen LogP contribution >= 0.6 is 11.6 Å². The lowest BCUT2D eigenvalue weighted by atomic mass is 10.1. The Labute approximate surface area is 146 Å². The monoisotopic (exact) mass is 350 g/mol. The van der Waals surface area contributed by atoms with Crippen LogP contribution < -0.4 is 10.6 Å². The lowest BCUT2D eigenvalue weighted by Gasteiger charge is -2.16. The zero-order valence-electron chi connectivity index (χ0n) is 14.6. The van der Waals surface area contributed by atoms with Crippen LogP contribution in [0.2, 0.25) is 5.15 Å². The van der Waals surface area contributed by atoms with Crippen molar-refractivity contribution in [2.75, 3.05) is 18.9 Å². The van der Waals surface area contributed by atoms with Gasteiger partial charge in [-0.3, -0.25) is 4.79 Å². The van der Waals surface area contributed by atoms with E-state index in [0.29, 0.717) is 18.1 Å². The fourth-order valence-corrected chi connectivity index (χ4v) is 2.55. The number of rotatable bonds is 6. The van der Waals surface area contributed by atoms with E-state index in [0.717, 1.165) is 17.8 Å². The highest BCUT2D eigenvalue weighted by Crippen LogP contribution is 2.29. The number of aromatic nitrogens is 4. The van der Waals surface area contributed by atoms with Crippen LogP contribution in [-0.2, 0) is 0 Å². The molecule has 0 radical (unpaired) electrons. The first kappa shape index (κ1) is 18.2. The molecule has 0 aliphatic rings. The molecule has 2 rings (SSSR count). The SMILES string of the molecule is CCCNc1nc(C(=O)NC)nc(Cl)c1-n1nc(C)cc1C(C)C. The topological polar surface area (TPSA) is 84.7 Å². The highest BCUT2D eigenvalue weighted by molar-refractivity contribution is 6.31. The van der Waals surface area contributed by atoms with Crippen LogP contribution in [-0.4, -0.2) is 39.2 Å². The molecular weight excluding hydrogens is 328 g/mol. The lowest BCUT2D eigenvalue weighted by molar-refractivity contribution is 0.0953. The highest BCUT2D eigenvalue weighted by atomic mass is 35.5. The molecule has 7 nitrogen and oxygen atoms in total. The van der Waals surface area contributed by atoms with Gasteiger partial charge in [0.1, 0.15) is 5.69 Å². The molecule has 0 aliphatic carbocycles. The first-order chi connectivity index (χ1) is 11.4. The molecule has 0 fully saturated rings. The Balaban J connectivity index is 2.66. The number of hydrogen-bond donors (Lipinski definition) is 2. The Morgan fingerprint density at radius 2 is 2.08 bits per heavy atom. The summed E-state index contributed by atoms with van der Waals surface area (Å²) in [7, 11) is 1.53. The van der Waals surface area contributed by atoms with Crippen molar-refractivity contribution in [2.45, 2.75) is 40.0 Å². The van der Waals surface area contributed by atoms with Crippen molar-refractivity contribution in [2.24, 2.45) is 0 Å². The number of hydrogen-bond acceptors (Lipinski definition) is 5. The van der Waals surface area contributed by atoms with E-state index in [2.05, 4.69) is 39.5 Å². The Bertz CT molecular complexity index is 740. The van der Waals surface area contributed by atoms with Crippen molar-refractivity contribution in [1.82, 2.24) is 25.1 Å². The number of anilines is 1. The molecule has 130 valence electrons. The number of nitrogens with zero attached hydrogens (tertiary/aromatic N) is 4. The molecule has 2 aromatic rings. The smallest absolute Gasteiger partial charge is 0.288 e. The van der Waals surface area contributed by atoms with Crippen molar-refractivity contribution < 1.29 is 4.79 Å². The maximum Gasteiger partial charge on any atom is 0.288 e. The summed E-state index contributed by atoms with van der Waals surface area (Å²) < 4.78 is 1.76. The first-order valence-corrected chi connectivity index (χ1v) is 8.37. The van der Waals surface area contributed by atoms with Crippen LogP contribution in [0.15, 0.2) is 6.07 Å². The van der Waals surface area contributed by atoms with E-state index in [1.807, 2.05) is 19.9 Å². The molecule has 0 spiro atoms. The molecule has 0 aromatic carbocycles. The number of carbonyl (C=O) groups is 1. The zero-order chi connectivity index (χ0) is 17.9. The number of nitrogens with one attached hydrogen (secondary N) is 2. The van der Waals surface area contributed by atoms with Crippen molar-refractivity contribution in [3.8, 4) is 5.69 Å². The van der Waals surface area contributed by atoms with Gasteiger partial charge in [-0.15, -0.1) is 0 Å². The van der Waals surface area contributed by atoms with Gasteiger partial charge in [-0.2, -0.15) is 5.10 Å². The van der Waals surface area contributed by atoms with E-state index in [1.165, 1.54) is 7.05 Å². The second-order valence-corrected chi connectivity index (χ2v) is 6.18. The molecule has 0 bridgehead atoms. The Hall–Kier alpha value is -2.15. The summed E-state index contributed by atoms with van der Waals surface area (Å²) in [5, 5.41) is 10.5. The Kier molecular flexibility index (Phi) is 5.77. The second kappa shape index (κ2) is 7.61. The third-order valence-electron chi connectivity index (χ3n) is 3.48. The average molecular weight is 351 g/mol. The zero-order valence-corrected chi connectivity index (χ0v) is 15.4. The highest BCUT2D eigenvalue weighted by Gasteiger charge is 2.22. The van der Waals surface area contributed by atoms with Gasteiger partial charge >= 0.3 is 0 Å². The minimum atomic E-state index is -0.385. The maximum atomic E-state index is 11.9. The molecule has 8 heteroatoms. The Morgan fingerprint density at radius 3 is 2.67 bits per heavy atom. The molecule has 24 heavy (non-hydrogen) atoms. The van der Waals surface area contributed by atoms with E-state index in [9.17, 15) is 4.79 Å². The third-order valence-corrected chi connectivity index (χ3v) is 3.74. The number of aryl methyl sites for hydroxylation is 1. The van der Waals surface area contributed by atoms with Gasteiger partial charge in [-0.1, -0.05) is 32.4 Å². The fraction of sp³-hybridized carbons (Fsp3) is 0.500. The number of amides is 1. The van der Waals surface area contributed by atoms with Crippen molar-refractivity contribution in [3.63, 3.8) is 0 Å². The van der Waals surface area contributed by atoms with Crippen molar-refractivity contribution >= 4 is 23.3 Å². The van der Waals surface area contributed by atoms with Gasteiger partial charge < -0.3 is 10.6 Å². The predicted octanol–water partition coefficient (Wildman–Crippen LogP) is 2.93. The third kappa shape index (κ3) is 3.67. The quantitative estimate of drug-likeness (QED) is 0.782. The summed E-state index contributed by atoms with van der Waals surface area (Å²) in [5.41, 5.74) is 2.45. The van der Waals surface area contributed by atoms with E-state index >= 15 is 0 Å². The van der Waals surface area contributed by atoms with Gasteiger partial charge in [0.25, 0.3) is 5.91 Å². The molecule has 0 saturated heterocycles. The summed E-state index contributed by atoms with van der Waals surface area (Å²) in [6.45, 7) is 8.84. The van der Waals surface area contributed by atoms with Gasteiger partial charge in [-0.25, -0.2) is 14.6 Å². The molecule has 0 unspecified atom stereocenters. The van der Waals surface area contributed by atoms with Crippen LogP contribution in [0.3, 0.4) is 0 Å². The molecule has 2 heterocycles. The van der Waals surface area contributed by atoms with Crippen LogP contribution in [0.5, 0.6) is 0 Å². The normalized spacial score (nSPS) is 11.0. The molecule has 0 saturated carbocycles. The van der Waals surface area contributed by atoms with E-state index < -0.39 is 0 Å². The van der Waals surface area contributed by atoms with Crippen LogP contribution in [0, 0.1) is 6.92 Å². The van der Waals surface area contributed by atoms with Crippen LogP contribution in [0.4, 0.5) is 5.82 Å². The average Bonchev–Trinajstić information content (AvgIpc) is 2.93. The van der Waals surface area contributed by atoms with E-state index in [-0.39, 0.29) is 22.8 Å². The standard InChI is InChI=1S/C16H23ClN6O/c1-6-7-19-14-12(13(17)20-15(21-14)16(24)18-5)23-11(9(2)3)8-10(4)22-23/h8-9H,6-7H2,1-5H3,(H,18,24)(H,19,20,21). The Morgan fingerprint density at radius 1 is 1.38 bits per heavy atom. The molecule has 0 atom stereocenters. The number of halogens is 1. The second-order valence-electron chi connectivity index (χ2n) is 5.82. The summed E-state index contributed by atoms with van der Waals surface area (Å²) in [5.74, 6) is 0.393. The van der Waals surface area contributed by atoms with Gasteiger partial charge in [0, 0.05) is 19.3 Å². The minimum absolute atomic E-state index is 0.0276. The van der Waals surface area contributed by atoms with Gasteiger partial charge in [0.15, 0.2) is 11.0 Å².